The van der Waals surface area contributed by atoms with Crippen molar-refractivity contribution in [3.05, 3.63) is 73.1 Å². The topological polar surface area (TPSA) is 149 Å². The molecule has 0 bridgehead atoms. The van der Waals surface area contributed by atoms with E-state index in [-0.39, 0.29) is 16.6 Å². The number of anilines is 2. The van der Waals surface area contributed by atoms with Crippen molar-refractivity contribution in [2.75, 3.05) is 16.8 Å². The zero-order valence-corrected chi connectivity index (χ0v) is 17.4. The van der Waals surface area contributed by atoms with E-state index < -0.39 is 27.1 Å². The van der Waals surface area contributed by atoms with Crippen LogP contribution in [0.3, 0.4) is 0 Å². The zero-order chi connectivity index (χ0) is 23.0. The highest BCUT2D eigenvalue weighted by molar-refractivity contribution is 7.14. The quantitative estimate of drug-likeness (QED) is 0.456. The molecule has 2 aromatic carbocycles. The summed E-state index contributed by atoms with van der Waals surface area (Å²) in [6.45, 7) is 2.14. The van der Waals surface area contributed by atoms with Crippen LogP contribution in [0.5, 0.6) is 0 Å². The Morgan fingerprint density at radius 2 is 1.78 bits per heavy atom. The average molecular weight is 453 g/mol. The van der Waals surface area contributed by atoms with Gasteiger partial charge in [-0.15, -0.1) is 11.3 Å². The summed E-state index contributed by atoms with van der Waals surface area (Å²) in [4.78, 5) is 50.9. The number of fused-ring (bicyclic) bond motifs is 1. The molecule has 0 saturated heterocycles. The van der Waals surface area contributed by atoms with Gasteiger partial charge in [0.25, 0.3) is 17.3 Å². The average Bonchev–Trinajstić information content (AvgIpc) is 3.39. The molecule has 0 radical (unpaired) electrons. The molecule has 0 unspecified atom stereocenters. The zero-order valence-electron chi connectivity index (χ0n) is 16.6. The first-order valence-electron chi connectivity index (χ1n) is 9.35. The van der Waals surface area contributed by atoms with E-state index in [1.807, 2.05) is 18.2 Å². The van der Waals surface area contributed by atoms with E-state index in [9.17, 15) is 29.8 Å². The lowest BCUT2D eigenvalue weighted by atomic mass is 10.1. The number of rotatable bonds is 5. The number of nitro groups is 2. The monoisotopic (exact) mass is 453 g/mol. The number of amides is 2. The number of hydrogen-bond acceptors (Lipinski definition) is 8. The number of thiazole rings is 1. The van der Waals surface area contributed by atoms with Gasteiger partial charge >= 0.3 is 0 Å². The van der Waals surface area contributed by atoms with Crippen molar-refractivity contribution in [3.8, 4) is 11.3 Å². The molecule has 1 aliphatic rings. The van der Waals surface area contributed by atoms with E-state index in [2.05, 4.69) is 10.3 Å². The summed E-state index contributed by atoms with van der Waals surface area (Å²) >= 11 is 1.14. The number of benzene rings is 2. The van der Waals surface area contributed by atoms with Crippen molar-refractivity contribution in [1.82, 2.24) is 4.98 Å². The van der Waals surface area contributed by atoms with Crippen LogP contribution in [-0.4, -0.2) is 33.2 Å². The third kappa shape index (κ3) is 4.03. The highest BCUT2D eigenvalue weighted by Crippen LogP contribution is 2.34. The van der Waals surface area contributed by atoms with Crippen LogP contribution in [0, 0.1) is 20.2 Å². The van der Waals surface area contributed by atoms with Gasteiger partial charge in [0.1, 0.15) is 0 Å². The number of non-ortho nitro benzene ring substituents is 2. The number of carbonyl (C=O) groups excluding carboxylic acids is 2. The van der Waals surface area contributed by atoms with E-state index in [1.54, 1.807) is 10.3 Å². The number of nitrogens with zero attached hydrogens (tertiary/aromatic N) is 4. The van der Waals surface area contributed by atoms with Crippen LogP contribution in [0.4, 0.5) is 22.2 Å². The number of nitro benzene ring substituents is 2. The van der Waals surface area contributed by atoms with Crippen molar-refractivity contribution in [3.63, 3.8) is 0 Å². The van der Waals surface area contributed by atoms with Crippen molar-refractivity contribution >= 4 is 45.3 Å². The Balaban J connectivity index is 1.58. The predicted octanol–water partition coefficient (Wildman–Crippen LogP) is 3.79. The van der Waals surface area contributed by atoms with Crippen LogP contribution >= 0.6 is 11.3 Å². The molecule has 2 amide bonds. The molecule has 1 aromatic heterocycles. The summed E-state index contributed by atoms with van der Waals surface area (Å²) in [6.07, 6.45) is 0.781. The van der Waals surface area contributed by atoms with Crippen LogP contribution in [0.15, 0.2) is 41.8 Å². The van der Waals surface area contributed by atoms with E-state index in [0.717, 1.165) is 52.8 Å². The van der Waals surface area contributed by atoms with Gasteiger partial charge in [-0.05, 0) is 18.1 Å². The Hall–Kier alpha value is -4.19. The van der Waals surface area contributed by atoms with Crippen LogP contribution in [-0.2, 0) is 11.2 Å². The van der Waals surface area contributed by atoms with Crippen molar-refractivity contribution in [2.24, 2.45) is 0 Å². The van der Waals surface area contributed by atoms with Gasteiger partial charge in [-0.3, -0.25) is 35.1 Å². The van der Waals surface area contributed by atoms with Gasteiger partial charge in [0, 0.05) is 42.2 Å². The van der Waals surface area contributed by atoms with Crippen molar-refractivity contribution < 1.29 is 19.4 Å². The molecular weight excluding hydrogens is 438 g/mol. The maximum Gasteiger partial charge on any atom is 0.277 e. The molecule has 0 atom stereocenters. The Bertz CT molecular complexity index is 1250. The summed E-state index contributed by atoms with van der Waals surface area (Å²) in [5.41, 5.74) is 1.90. The summed E-state index contributed by atoms with van der Waals surface area (Å²) in [5, 5.41) is 26.5. The molecule has 32 heavy (non-hydrogen) atoms. The second-order valence-electron chi connectivity index (χ2n) is 7.01. The van der Waals surface area contributed by atoms with Gasteiger partial charge in [0.2, 0.25) is 5.91 Å². The number of carbonyl (C=O) groups is 2. The maximum atomic E-state index is 12.5. The van der Waals surface area contributed by atoms with Crippen LogP contribution in [0.25, 0.3) is 11.3 Å². The smallest absolute Gasteiger partial charge is 0.277 e. The van der Waals surface area contributed by atoms with Gasteiger partial charge in [-0.25, -0.2) is 4.98 Å². The summed E-state index contributed by atoms with van der Waals surface area (Å²) in [5.74, 6) is -0.799. The second kappa shape index (κ2) is 8.15. The molecule has 3 aromatic rings. The van der Waals surface area contributed by atoms with Gasteiger partial charge < -0.3 is 4.90 Å². The molecule has 2 heterocycles. The summed E-state index contributed by atoms with van der Waals surface area (Å²) in [6, 6.07) is 8.41. The normalized spacial score (nSPS) is 12.3. The van der Waals surface area contributed by atoms with E-state index >= 15 is 0 Å². The molecule has 0 spiro atoms. The molecule has 11 nitrogen and oxygen atoms in total. The fourth-order valence-electron chi connectivity index (χ4n) is 3.44. The first-order chi connectivity index (χ1) is 15.2. The summed E-state index contributed by atoms with van der Waals surface area (Å²) < 4.78 is 0. The van der Waals surface area contributed by atoms with Crippen LogP contribution in [0.1, 0.15) is 22.8 Å². The highest BCUT2D eigenvalue weighted by Gasteiger charge is 2.23. The van der Waals surface area contributed by atoms with Crippen LogP contribution in [0.2, 0.25) is 0 Å². The molecule has 12 heteroatoms. The minimum atomic E-state index is -0.802. The second-order valence-corrected chi connectivity index (χ2v) is 7.87. The fourth-order valence-corrected chi connectivity index (χ4v) is 4.15. The van der Waals surface area contributed by atoms with E-state index in [4.69, 9.17) is 0 Å². The third-order valence-corrected chi connectivity index (χ3v) is 5.73. The predicted molar refractivity (Wildman–Crippen MR) is 117 cm³/mol. The molecule has 0 saturated carbocycles. The van der Waals surface area contributed by atoms with Crippen molar-refractivity contribution in [1.29, 1.82) is 0 Å². The van der Waals surface area contributed by atoms with Crippen LogP contribution < -0.4 is 10.2 Å². The Kier molecular flexibility index (Phi) is 5.36. The van der Waals surface area contributed by atoms with Gasteiger partial charge in [0.05, 0.1) is 27.2 Å². The number of nitrogens with one attached hydrogen (secondary N) is 1. The van der Waals surface area contributed by atoms with Gasteiger partial charge in [0.15, 0.2) is 5.13 Å². The molecule has 1 aliphatic heterocycles. The Labute approximate surface area is 184 Å². The Morgan fingerprint density at radius 1 is 1.09 bits per heavy atom. The molecule has 162 valence electrons. The number of aromatic nitrogens is 1. The minimum Gasteiger partial charge on any atom is -0.312 e. The van der Waals surface area contributed by atoms with E-state index in [1.165, 1.54) is 6.92 Å². The van der Waals surface area contributed by atoms with Crippen molar-refractivity contribution in [2.45, 2.75) is 13.3 Å². The highest BCUT2D eigenvalue weighted by atomic mass is 32.1. The minimum absolute atomic E-state index is 0.0434. The molecule has 1 N–H and O–H groups in total. The molecule has 0 fully saturated rings. The third-order valence-electron chi connectivity index (χ3n) is 4.97. The number of hydrogen-bond donors (Lipinski definition) is 1. The molecular formula is C20H15N5O6S. The first kappa shape index (κ1) is 21.1. The molecule has 0 aliphatic carbocycles. The first-order valence-corrected chi connectivity index (χ1v) is 10.2. The standard InChI is InChI=1S/C20H15N5O6S/c1-11(26)23-5-4-12-2-3-13(8-18(12)23)17-10-32-20(21-17)22-19(27)14-6-15(24(28)29)9-16(7-14)25(30)31/h2-3,6-10H,4-5H2,1H3,(H,21,22,27). The van der Waals surface area contributed by atoms with E-state index in [0.29, 0.717) is 12.2 Å². The Morgan fingerprint density at radius 3 is 2.41 bits per heavy atom. The molecule has 4 rings (SSSR count). The lowest BCUT2D eigenvalue weighted by Gasteiger charge is -2.15. The lowest BCUT2D eigenvalue weighted by molar-refractivity contribution is -0.394. The largest absolute Gasteiger partial charge is 0.312 e. The maximum absolute atomic E-state index is 12.5. The SMILES string of the molecule is CC(=O)N1CCc2ccc(-c3csc(NC(=O)c4cc([N+](=O)[O-])cc([N+](=O)[O-])c4)n3)cc21. The fraction of sp³-hybridized carbons (Fsp3) is 0.150. The van der Waals surface area contributed by atoms with Gasteiger partial charge in [-0.2, -0.15) is 0 Å². The van der Waals surface area contributed by atoms with Gasteiger partial charge in [-0.1, -0.05) is 12.1 Å². The lowest BCUT2D eigenvalue weighted by Crippen LogP contribution is -2.25. The summed E-state index contributed by atoms with van der Waals surface area (Å²) in [7, 11) is 0.